The van der Waals surface area contributed by atoms with E-state index in [-0.39, 0.29) is 23.1 Å². The summed E-state index contributed by atoms with van der Waals surface area (Å²) in [7, 11) is 0. The van der Waals surface area contributed by atoms with E-state index in [4.69, 9.17) is 20.8 Å². The number of carbonyl (C=O) groups excluding carboxylic acids is 2. The summed E-state index contributed by atoms with van der Waals surface area (Å²) in [6.07, 6.45) is 7.89. The number of rotatable bonds is 12. The first-order valence-corrected chi connectivity index (χ1v) is 17.3. The Balaban J connectivity index is 1.17. The molecule has 1 atom stereocenters. The minimum absolute atomic E-state index is 0.0328. The van der Waals surface area contributed by atoms with Gasteiger partial charge in [0.05, 0.1) is 18.0 Å². The minimum atomic E-state index is -0.448. The number of para-hydroxylation sites is 1. The van der Waals surface area contributed by atoms with Gasteiger partial charge < -0.3 is 24.3 Å². The normalized spacial score (nSPS) is 15.5. The van der Waals surface area contributed by atoms with Crippen LogP contribution in [0.3, 0.4) is 0 Å². The third kappa shape index (κ3) is 8.29. The number of nitrogens with one attached hydrogen (secondary N) is 1. The highest BCUT2D eigenvalue weighted by molar-refractivity contribution is 6.30. The predicted molar refractivity (Wildman–Crippen MR) is 190 cm³/mol. The average Bonchev–Trinajstić information content (AvgIpc) is 3.50. The Morgan fingerprint density at radius 1 is 1.00 bits per heavy atom. The number of piperidine rings is 1. The van der Waals surface area contributed by atoms with Gasteiger partial charge in [-0.2, -0.15) is 0 Å². The number of carbonyl (C=O) groups is 2. The lowest BCUT2D eigenvalue weighted by Gasteiger charge is -2.33. The monoisotopic (exact) mass is 667 g/mol. The van der Waals surface area contributed by atoms with Crippen LogP contribution in [0.25, 0.3) is 11.0 Å². The summed E-state index contributed by atoms with van der Waals surface area (Å²) in [5.41, 5.74) is 4.67. The van der Waals surface area contributed by atoms with E-state index in [1.165, 1.54) is 22.9 Å². The summed E-state index contributed by atoms with van der Waals surface area (Å²) in [4.78, 5) is 43.3. The van der Waals surface area contributed by atoms with Crippen molar-refractivity contribution in [3.8, 4) is 5.75 Å². The highest BCUT2D eigenvalue weighted by Gasteiger charge is 2.24. The largest absolute Gasteiger partial charge is 0.494 e. The summed E-state index contributed by atoms with van der Waals surface area (Å²) in [5, 5.41) is 4.15. The number of hydrogen-bond donors (Lipinski definition) is 1. The van der Waals surface area contributed by atoms with E-state index in [0.29, 0.717) is 47.7 Å². The van der Waals surface area contributed by atoms with Gasteiger partial charge in [-0.1, -0.05) is 66.9 Å². The van der Waals surface area contributed by atoms with Crippen molar-refractivity contribution in [2.24, 2.45) is 0 Å². The first-order valence-electron chi connectivity index (χ1n) is 16.9. The van der Waals surface area contributed by atoms with Crippen LogP contribution < -0.4 is 20.4 Å². The van der Waals surface area contributed by atoms with Gasteiger partial charge in [-0.05, 0) is 79.6 Å². The van der Waals surface area contributed by atoms with Gasteiger partial charge in [0, 0.05) is 49.4 Å². The number of benzene rings is 3. The van der Waals surface area contributed by atoms with Crippen LogP contribution in [0.15, 0.2) is 93.7 Å². The molecule has 0 bridgehead atoms. The van der Waals surface area contributed by atoms with Gasteiger partial charge in [0.2, 0.25) is 5.91 Å². The number of halogens is 1. The molecule has 2 aliphatic rings. The van der Waals surface area contributed by atoms with E-state index in [2.05, 4.69) is 41.4 Å². The molecule has 1 aromatic heterocycles. The highest BCUT2D eigenvalue weighted by Crippen LogP contribution is 2.29. The van der Waals surface area contributed by atoms with Crippen molar-refractivity contribution in [1.29, 1.82) is 0 Å². The number of nitrogens with zero attached hydrogens (tertiary/aromatic N) is 2. The maximum Gasteiger partial charge on any atom is 0.287 e. The highest BCUT2D eigenvalue weighted by atomic mass is 35.5. The zero-order chi connectivity index (χ0) is 33.5. The van der Waals surface area contributed by atoms with Crippen molar-refractivity contribution in [2.75, 3.05) is 31.1 Å². The summed E-state index contributed by atoms with van der Waals surface area (Å²) in [6, 6.07) is 22.0. The molecule has 2 aliphatic heterocycles. The van der Waals surface area contributed by atoms with E-state index in [1.54, 1.807) is 18.2 Å². The number of anilines is 1. The first kappa shape index (κ1) is 33.3. The van der Waals surface area contributed by atoms with E-state index < -0.39 is 5.91 Å². The minimum Gasteiger partial charge on any atom is -0.494 e. The molecule has 0 unspecified atom stereocenters. The van der Waals surface area contributed by atoms with Crippen LogP contribution in [0, 0.1) is 0 Å². The second-order valence-electron chi connectivity index (χ2n) is 12.6. The third-order valence-electron chi connectivity index (χ3n) is 9.08. The number of unbranched alkanes of at least 4 members (excludes halogenated alkanes) is 1. The smallest absolute Gasteiger partial charge is 0.287 e. The molecule has 0 aliphatic carbocycles. The van der Waals surface area contributed by atoms with Crippen molar-refractivity contribution in [3.63, 3.8) is 0 Å². The van der Waals surface area contributed by atoms with Crippen LogP contribution in [0.4, 0.5) is 5.69 Å². The SMILES string of the molecule is CCCCOc1ccc2oc(C(=O)N[C@H](C=C3CCN(c4ccccc4CN4CCCC4=O)CC3)Cc3ccc(Cl)cc3)cc(=O)c2c1. The maximum absolute atomic E-state index is 13.6. The lowest BCUT2D eigenvalue weighted by atomic mass is 9.97. The van der Waals surface area contributed by atoms with Gasteiger partial charge in [0.15, 0.2) is 11.2 Å². The number of hydrogen-bond acceptors (Lipinski definition) is 6. The zero-order valence-electron chi connectivity index (χ0n) is 27.4. The Morgan fingerprint density at radius 3 is 2.54 bits per heavy atom. The number of ether oxygens (including phenoxy) is 1. The van der Waals surface area contributed by atoms with Crippen LogP contribution >= 0.6 is 11.6 Å². The summed E-state index contributed by atoms with van der Waals surface area (Å²) < 4.78 is 11.7. The van der Waals surface area contributed by atoms with Crippen molar-refractivity contribution < 1.29 is 18.7 Å². The molecular weight excluding hydrogens is 626 g/mol. The fourth-order valence-corrected chi connectivity index (χ4v) is 6.58. The standard InChI is InChI=1S/C39H42ClN3O5/c1-2-3-21-47-32-14-15-36-33(24-32)35(44)25-37(48-36)39(46)41-31(22-27-10-12-30(40)13-11-27)23-28-16-19-42(20-17-28)34-8-5-4-7-29(34)26-43-18-6-9-38(43)45/h4-5,7-8,10-15,23-25,31H,2-3,6,9,16-22,26H2,1H3,(H,41,46)/t31-/m0/s1. The summed E-state index contributed by atoms with van der Waals surface area (Å²) in [6.45, 7) is 5.79. The first-order chi connectivity index (χ1) is 23.4. The van der Waals surface area contributed by atoms with E-state index in [9.17, 15) is 14.4 Å². The fraction of sp³-hybridized carbons (Fsp3) is 0.359. The second kappa shape index (κ2) is 15.6. The average molecular weight is 668 g/mol. The molecule has 1 N–H and O–H groups in total. The van der Waals surface area contributed by atoms with Crippen LogP contribution in [-0.4, -0.2) is 49.0 Å². The van der Waals surface area contributed by atoms with E-state index in [1.807, 2.05) is 35.2 Å². The van der Waals surface area contributed by atoms with Crippen LogP contribution in [0.2, 0.25) is 5.02 Å². The Hall–Kier alpha value is -4.56. The van der Waals surface area contributed by atoms with Crippen LogP contribution in [-0.2, 0) is 17.8 Å². The maximum atomic E-state index is 13.6. The zero-order valence-corrected chi connectivity index (χ0v) is 28.1. The second-order valence-corrected chi connectivity index (χ2v) is 13.0. The molecule has 2 fully saturated rings. The molecule has 250 valence electrons. The predicted octanol–water partition coefficient (Wildman–Crippen LogP) is 7.32. The Kier molecular flexibility index (Phi) is 10.8. The van der Waals surface area contributed by atoms with Crippen LogP contribution in [0.5, 0.6) is 5.75 Å². The molecule has 9 heteroatoms. The van der Waals surface area contributed by atoms with Gasteiger partial charge in [-0.25, -0.2) is 0 Å². The molecular formula is C39H42ClN3O5. The third-order valence-corrected chi connectivity index (χ3v) is 9.33. The molecule has 3 heterocycles. The Bertz CT molecular complexity index is 1840. The summed E-state index contributed by atoms with van der Waals surface area (Å²) in [5.74, 6) is 0.351. The van der Waals surface area contributed by atoms with E-state index >= 15 is 0 Å². The molecule has 2 saturated heterocycles. The van der Waals surface area contributed by atoms with E-state index in [0.717, 1.165) is 57.3 Å². The molecule has 2 amide bonds. The lowest BCUT2D eigenvalue weighted by Crippen LogP contribution is -2.37. The quantitative estimate of drug-likeness (QED) is 0.126. The fourth-order valence-electron chi connectivity index (χ4n) is 6.45. The summed E-state index contributed by atoms with van der Waals surface area (Å²) >= 11 is 6.15. The van der Waals surface area contributed by atoms with Crippen molar-refractivity contribution in [2.45, 2.75) is 64.5 Å². The Morgan fingerprint density at radius 2 is 1.79 bits per heavy atom. The number of fused-ring (bicyclic) bond motifs is 1. The lowest BCUT2D eigenvalue weighted by molar-refractivity contribution is -0.128. The topological polar surface area (TPSA) is 92.1 Å². The van der Waals surface area contributed by atoms with Crippen molar-refractivity contribution in [1.82, 2.24) is 10.2 Å². The van der Waals surface area contributed by atoms with Gasteiger partial charge in [-0.15, -0.1) is 0 Å². The van der Waals surface area contributed by atoms with Crippen LogP contribution in [0.1, 0.15) is 67.1 Å². The molecule has 3 aromatic carbocycles. The van der Waals surface area contributed by atoms with Gasteiger partial charge in [0.25, 0.3) is 5.91 Å². The molecule has 4 aromatic rings. The van der Waals surface area contributed by atoms with Crippen molar-refractivity contribution in [3.05, 3.63) is 117 Å². The molecule has 48 heavy (non-hydrogen) atoms. The van der Waals surface area contributed by atoms with Crippen molar-refractivity contribution >= 4 is 40.1 Å². The molecule has 6 rings (SSSR count). The number of likely N-dealkylation sites (tertiary alicyclic amines) is 1. The number of amides is 2. The van der Waals surface area contributed by atoms with Gasteiger partial charge >= 0.3 is 0 Å². The van der Waals surface area contributed by atoms with Gasteiger partial charge in [0.1, 0.15) is 11.3 Å². The molecule has 0 radical (unpaired) electrons. The molecule has 0 saturated carbocycles. The molecule has 0 spiro atoms. The molecule has 8 nitrogen and oxygen atoms in total. The van der Waals surface area contributed by atoms with Gasteiger partial charge in [-0.3, -0.25) is 14.4 Å². The Labute approximate surface area is 286 Å².